The molecule has 26 heavy (non-hydrogen) atoms. The number of hydrogen-bond donors (Lipinski definition) is 2. The van der Waals surface area contributed by atoms with Crippen LogP contribution in [-0.2, 0) is 6.61 Å². The van der Waals surface area contributed by atoms with E-state index in [9.17, 15) is 14.9 Å². The zero-order valence-electron chi connectivity index (χ0n) is 13.2. The van der Waals surface area contributed by atoms with Crippen LogP contribution in [0.25, 0.3) is 11.3 Å². The molecule has 6 nitrogen and oxygen atoms in total. The largest absolute Gasteiger partial charge is 0.488 e. The van der Waals surface area contributed by atoms with Gasteiger partial charge in [-0.15, -0.1) is 0 Å². The molecular formula is C18H11Cl2N3O3. The number of aromatic amines is 2. The molecule has 0 fully saturated rings. The van der Waals surface area contributed by atoms with Gasteiger partial charge in [0, 0.05) is 21.2 Å². The van der Waals surface area contributed by atoms with Crippen LogP contribution in [0.15, 0.2) is 52.1 Å². The summed E-state index contributed by atoms with van der Waals surface area (Å²) in [6, 6.07) is 13.7. The Morgan fingerprint density at radius 3 is 2.58 bits per heavy atom. The van der Waals surface area contributed by atoms with E-state index >= 15 is 0 Å². The Bertz CT molecular complexity index is 1130. The van der Waals surface area contributed by atoms with E-state index in [1.165, 1.54) is 6.07 Å². The first-order chi connectivity index (χ1) is 12.5. The number of nitrogens with one attached hydrogen (secondary N) is 2. The molecule has 3 aromatic rings. The zero-order chi connectivity index (χ0) is 18.7. The van der Waals surface area contributed by atoms with Crippen molar-refractivity contribution in [2.75, 3.05) is 0 Å². The Labute approximate surface area is 157 Å². The fraction of sp³-hybridized carbons (Fsp3) is 0.0556. The minimum atomic E-state index is -0.789. The van der Waals surface area contributed by atoms with Crippen molar-refractivity contribution in [1.82, 2.24) is 9.97 Å². The van der Waals surface area contributed by atoms with Gasteiger partial charge in [-0.2, -0.15) is 5.26 Å². The topological polar surface area (TPSA) is 98.7 Å². The minimum absolute atomic E-state index is 0.0397. The van der Waals surface area contributed by atoms with Gasteiger partial charge in [-0.05, 0) is 24.3 Å². The lowest BCUT2D eigenvalue weighted by Gasteiger charge is -2.13. The van der Waals surface area contributed by atoms with E-state index in [-0.39, 0.29) is 17.9 Å². The highest BCUT2D eigenvalue weighted by Gasteiger charge is 2.16. The molecule has 130 valence electrons. The van der Waals surface area contributed by atoms with Gasteiger partial charge in [0.15, 0.2) is 0 Å². The van der Waals surface area contributed by atoms with Gasteiger partial charge in [0.25, 0.3) is 5.56 Å². The van der Waals surface area contributed by atoms with Gasteiger partial charge in [-0.1, -0.05) is 41.4 Å². The van der Waals surface area contributed by atoms with Crippen molar-refractivity contribution >= 4 is 23.2 Å². The van der Waals surface area contributed by atoms with Gasteiger partial charge in [0.05, 0.1) is 5.69 Å². The van der Waals surface area contributed by atoms with Crippen LogP contribution in [0.2, 0.25) is 10.0 Å². The summed E-state index contributed by atoms with van der Waals surface area (Å²) in [5.41, 5.74) is -0.643. The molecule has 1 aromatic heterocycles. The van der Waals surface area contributed by atoms with Crippen molar-refractivity contribution in [3.05, 3.63) is 84.5 Å². The van der Waals surface area contributed by atoms with E-state index in [0.29, 0.717) is 21.4 Å². The lowest BCUT2D eigenvalue weighted by atomic mass is 10.1. The molecule has 0 amide bonds. The molecule has 0 aliphatic carbocycles. The molecule has 0 unspecified atom stereocenters. The van der Waals surface area contributed by atoms with Crippen LogP contribution in [-0.4, -0.2) is 9.97 Å². The van der Waals surface area contributed by atoms with Crippen molar-refractivity contribution in [3.8, 4) is 23.1 Å². The molecule has 0 spiro atoms. The van der Waals surface area contributed by atoms with Crippen LogP contribution in [0, 0.1) is 11.3 Å². The van der Waals surface area contributed by atoms with Gasteiger partial charge in [-0.25, -0.2) is 4.79 Å². The number of halogens is 2. The van der Waals surface area contributed by atoms with E-state index in [1.807, 2.05) is 17.1 Å². The Morgan fingerprint density at radius 1 is 1.08 bits per heavy atom. The normalized spacial score (nSPS) is 10.3. The third-order valence-electron chi connectivity index (χ3n) is 3.61. The van der Waals surface area contributed by atoms with Gasteiger partial charge < -0.3 is 9.72 Å². The maximum atomic E-state index is 11.9. The molecule has 8 heteroatoms. The molecular weight excluding hydrogens is 377 g/mol. The molecule has 2 N–H and O–H groups in total. The highest BCUT2D eigenvalue weighted by molar-refractivity contribution is 6.31. The standard InChI is InChI=1S/C18H11Cl2N3O3/c19-11-5-6-15(26-9-10-3-1-2-4-14(10)20)12(7-11)16-13(8-21)17(24)23-18(25)22-16/h1-7H,9H2,(H2,22,23,24,25). The van der Waals surface area contributed by atoms with Gasteiger partial charge >= 0.3 is 5.69 Å². The Balaban J connectivity index is 2.08. The second kappa shape index (κ2) is 7.48. The van der Waals surface area contributed by atoms with Crippen LogP contribution in [0.3, 0.4) is 0 Å². The van der Waals surface area contributed by atoms with E-state index in [2.05, 4.69) is 4.98 Å². The molecule has 0 atom stereocenters. The van der Waals surface area contributed by atoms with E-state index in [1.54, 1.807) is 30.3 Å². The lowest BCUT2D eigenvalue weighted by molar-refractivity contribution is 0.307. The monoisotopic (exact) mass is 387 g/mol. The molecule has 0 saturated carbocycles. The summed E-state index contributed by atoms with van der Waals surface area (Å²) in [6.45, 7) is 0.156. The third kappa shape index (κ3) is 3.64. The molecule has 0 bridgehead atoms. The number of nitriles is 1. The molecule has 1 heterocycles. The minimum Gasteiger partial charge on any atom is -0.488 e. The number of nitrogens with zero attached hydrogens (tertiary/aromatic N) is 1. The SMILES string of the molecule is N#Cc1c(-c2cc(Cl)ccc2OCc2ccccc2Cl)[nH]c(=O)[nH]c1=O. The first-order valence-corrected chi connectivity index (χ1v) is 8.18. The smallest absolute Gasteiger partial charge is 0.326 e. The van der Waals surface area contributed by atoms with Gasteiger partial charge in [0.2, 0.25) is 0 Å². The number of H-pyrrole nitrogens is 2. The molecule has 0 aliphatic rings. The van der Waals surface area contributed by atoms with Crippen molar-refractivity contribution in [1.29, 1.82) is 5.26 Å². The van der Waals surface area contributed by atoms with Gasteiger partial charge in [-0.3, -0.25) is 9.78 Å². The summed E-state index contributed by atoms with van der Waals surface area (Å²) in [5.74, 6) is 0.340. The number of hydrogen-bond acceptors (Lipinski definition) is 4. The van der Waals surface area contributed by atoms with E-state index in [4.69, 9.17) is 27.9 Å². The highest BCUT2D eigenvalue weighted by Crippen LogP contribution is 2.33. The molecule has 0 aliphatic heterocycles. The Hall–Kier alpha value is -3.01. The fourth-order valence-electron chi connectivity index (χ4n) is 2.39. The van der Waals surface area contributed by atoms with Crippen LogP contribution in [0.5, 0.6) is 5.75 Å². The summed E-state index contributed by atoms with van der Waals surface area (Å²) in [5, 5.41) is 10.2. The lowest BCUT2D eigenvalue weighted by Crippen LogP contribution is -2.25. The summed E-state index contributed by atoms with van der Waals surface area (Å²) >= 11 is 12.2. The van der Waals surface area contributed by atoms with Crippen molar-refractivity contribution in [2.45, 2.75) is 6.61 Å². The summed E-state index contributed by atoms with van der Waals surface area (Å²) in [4.78, 5) is 28.0. The summed E-state index contributed by atoms with van der Waals surface area (Å²) in [7, 11) is 0. The molecule has 0 saturated heterocycles. The first kappa shape index (κ1) is 17.8. The molecule has 0 radical (unpaired) electrons. The average molecular weight is 388 g/mol. The van der Waals surface area contributed by atoms with Crippen LogP contribution >= 0.6 is 23.2 Å². The quantitative estimate of drug-likeness (QED) is 0.715. The summed E-state index contributed by atoms with van der Waals surface area (Å²) < 4.78 is 5.81. The molecule has 2 aromatic carbocycles. The van der Waals surface area contributed by atoms with E-state index in [0.717, 1.165) is 5.56 Å². The maximum absolute atomic E-state index is 11.9. The van der Waals surface area contributed by atoms with Crippen molar-refractivity contribution in [3.63, 3.8) is 0 Å². The Kier molecular flexibility index (Phi) is 5.12. The van der Waals surface area contributed by atoms with Crippen LogP contribution in [0.4, 0.5) is 0 Å². The fourth-order valence-corrected chi connectivity index (χ4v) is 2.75. The average Bonchev–Trinajstić information content (AvgIpc) is 2.61. The van der Waals surface area contributed by atoms with E-state index < -0.39 is 11.2 Å². The predicted molar refractivity (Wildman–Crippen MR) is 98.6 cm³/mol. The predicted octanol–water partition coefficient (Wildman–Crippen LogP) is 3.49. The number of benzene rings is 2. The van der Waals surface area contributed by atoms with Crippen LogP contribution < -0.4 is 16.0 Å². The second-order valence-electron chi connectivity index (χ2n) is 5.29. The van der Waals surface area contributed by atoms with Crippen molar-refractivity contribution < 1.29 is 4.74 Å². The summed E-state index contributed by atoms with van der Waals surface area (Å²) in [6.07, 6.45) is 0. The molecule has 3 rings (SSSR count). The second-order valence-corrected chi connectivity index (χ2v) is 6.13. The van der Waals surface area contributed by atoms with Crippen molar-refractivity contribution in [2.24, 2.45) is 0 Å². The maximum Gasteiger partial charge on any atom is 0.326 e. The first-order valence-electron chi connectivity index (χ1n) is 7.42. The number of ether oxygens (including phenoxy) is 1. The zero-order valence-corrected chi connectivity index (χ0v) is 14.7. The van der Waals surface area contributed by atoms with Crippen LogP contribution in [0.1, 0.15) is 11.1 Å². The number of rotatable bonds is 4. The van der Waals surface area contributed by atoms with Gasteiger partial charge in [0.1, 0.15) is 24.0 Å². The third-order valence-corrected chi connectivity index (χ3v) is 4.21. The number of aromatic nitrogens is 2. The Morgan fingerprint density at radius 2 is 1.85 bits per heavy atom. The highest BCUT2D eigenvalue weighted by atomic mass is 35.5.